The molecule has 1 amide bonds. The summed E-state index contributed by atoms with van der Waals surface area (Å²) >= 11 is 3.29. The summed E-state index contributed by atoms with van der Waals surface area (Å²) in [5.41, 5.74) is 6.66. The Balaban J connectivity index is 2.36. The van der Waals surface area contributed by atoms with Gasteiger partial charge in [-0.1, -0.05) is 18.2 Å². The van der Waals surface area contributed by atoms with Crippen LogP contribution >= 0.6 is 15.9 Å². The summed E-state index contributed by atoms with van der Waals surface area (Å²) in [4.78, 5) is 22.2. The van der Waals surface area contributed by atoms with Gasteiger partial charge in [0.2, 0.25) is 5.91 Å². The fourth-order valence-corrected chi connectivity index (χ4v) is 2.27. The summed E-state index contributed by atoms with van der Waals surface area (Å²) in [6, 6.07) is 8.48. The molecule has 0 aliphatic rings. The second kappa shape index (κ2) is 5.27. The number of benzene rings is 1. The molecule has 6 heteroatoms. The van der Waals surface area contributed by atoms with Gasteiger partial charge in [-0.25, -0.2) is 4.79 Å². The van der Waals surface area contributed by atoms with Crippen molar-refractivity contribution in [2.24, 2.45) is 5.73 Å². The zero-order valence-corrected chi connectivity index (χ0v) is 11.4. The third-order valence-electron chi connectivity index (χ3n) is 2.71. The average molecular weight is 323 g/mol. The predicted molar refractivity (Wildman–Crippen MR) is 73.2 cm³/mol. The Morgan fingerprint density at radius 3 is 2.58 bits per heavy atom. The number of rotatable bonds is 4. The van der Waals surface area contributed by atoms with Gasteiger partial charge in [0.25, 0.3) is 0 Å². The van der Waals surface area contributed by atoms with Crippen molar-refractivity contribution in [3.05, 3.63) is 57.8 Å². The van der Waals surface area contributed by atoms with Crippen LogP contribution in [0.3, 0.4) is 0 Å². The van der Waals surface area contributed by atoms with Crippen LogP contribution in [-0.4, -0.2) is 21.6 Å². The maximum absolute atomic E-state index is 11.3. The number of aromatic carboxylic acids is 1. The van der Waals surface area contributed by atoms with Crippen molar-refractivity contribution in [3.63, 3.8) is 0 Å². The molecule has 2 aromatic rings. The Labute approximate surface area is 117 Å². The summed E-state index contributed by atoms with van der Waals surface area (Å²) in [5.74, 6) is -1.50. The highest BCUT2D eigenvalue weighted by molar-refractivity contribution is 9.10. The molecule has 0 bridgehead atoms. The van der Waals surface area contributed by atoms with E-state index in [1.165, 1.54) is 12.3 Å². The number of nitrogens with zero attached hydrogens (tertiary/aromatic N) is 1. The minimum absolute atomic E-state index is 0.184. The molecule has 1 aromatic heterocycles. The topological polar surface area (TPSA) is 85.3 Å². The number of hydrogen-bond donors (Lipinski definition) is 2. The Hall–Kier alpha value is -2.08. The average Bonchev–Trinajstić information content (AvgIpc) is 2.72. The van der Waals surface area contributed by atoms with Crippen LogP contribution in [0.25, 0.3) is 0 Å². The molecule has 0 radical (unpaired) electrons. The summed E-state index contributed by atoms with van der Waals surface area (Å²) in [6.07, 6.45) is 1.50. The van der Waals surface area contributed by atoms with E-state index in [9.17, 15) is 9.59 Å². The highest BCUT2D eigenvalue weighted by atomic mass is 79.9. The fraction of sp³-hybridized carbons (Fsp3) is 0.0769. The highest BCUT2D eigenvalue weighted by Crippen LogP contribution is 2.19. The van der Waals surface area contributed by atoms with Gasteiger partial charge >= 0.3 is 5.97 Å². The molecule has 0 fully saturated rings. The lowest BCUT2D eigenvalue weighted by Crippen LogP contribution is -2.15. The van der Waals surface area contributed by atoms with Crippen LogP contribution in [0.15, 0.2) is 41.1 Å². The van der Waals surface area contributed by atoms with Crippen molar-refractivity contribution in [2.75, 3.05) is 0 Å². The first-order valence-corrected chi connectivity index (χ1v) is 6.25. The number of nitrogens with two attached hydrogens (primary N) is 1. The van der Waals surface area contributed by atoms with E-state index in [-0.39, 0.29) is 5.56 Å². The van der Waals surface area contributed by atoms with Gasteiger partial charge in [-0.3, -0.25) is 4.79 Å². The Morgan fingerprint density at radius 1 is 1.32 bits per heavy atom. The molecule has 0 unspecified atom stereocenters. The van der Waals surface area contributed by atoms with Crippen LogP contribution in [0.2, 0.25) is 0 Å². The number of hydrogen-bond acceptors (Lipinski definition) is 2. The molecular formula is C13H11BrN2O3. The standard InChI is InChI=1S/C13H11BrN2O3/c14-11-5-9(13(18)19)7-16(11)6-8-3-1-2-4-10(8)12(15)17/h1-5,7H,6H2,(H2,15,17)(H,18,19). The molecule has 3 N–H and O–H groups in total. The highest BCUT2D eigenvalue weighted by Gasteiger charge is 2.12. The number of carbonyl (C=O) groups excluding carboxylic acids is 1. The van der Waals surface area contributed by atoms with Crippen molar-refractivity contribution < 1.29 is 14.7 Å². The first-order valence-electron chi connectivity index (χ1n) is 5.45. The van der Waals surface area contributed by atoms with Crippen LogP contribution in [0.1, 0.15) is 26.3 Å². The van der Waals surface area contributed by atoms with Gasteiger partial charge in [0, 0.05) is 18.3 Å². The molecule has 0 saturated heterocycles. The van der Waals surface area contributed by atoms with Crippen LogP contribution in [-0.2, 0) is 6.54 Å². The quantitative estimate of drug-likeness (QED) is 0.903. The van der Waals surface area contributed by atoms with E-state index in [0.717, 1.165) is 5.56 Å². The Morgan fingerprint density at radius 2 is 2.00 bits per heavy atom. The molecule has 0 atom stereocenters. The van der Waals surface area contributed by atoms with E-state index in [1.807, 2.05) is 0 Å². The molecule has 0 spiro atoms. The number of halogens is 1. The molecule has 1 heterocycles. The number of carboxylic acid groups (broad SMARTS) is 1. The molecule has 2 rings (SSSR count). The number of carbonyl (C=O) groups is 2. The van der Waals surface area contributed by atoms with E-state index >= 15 is 0 Å². The SMILES string of the molecule is NC(=O)c1ccccc1Cn1cc(C(=O)O)cc1Br. The van der Waals surface area contributed by atoms with Gasteiger partial charge in [0.05, 0.1) is 10.2 Å². The lowest BCUT2D eigenvalue weighted by Gasteiger charge is -2.08. The van der Waals surface area contributed by atoms with Crippen LogP contribution in [0, 0.1) is 0 Å². The van der Waals surface area contributed by atoms with E-state index in [4.69, 9.17) is 10.8 Å². The summed E-state index contributed by atoms with van der Waals surface area (Å²) in [7, 11) is 0. The largest absolute Gasteiger partial charge is 0.478 e. The van der Waals surface area contributed by atoms with Crippen LogP contribution in [0.5, 0.6) is 0 Å². The summed E-state index contributed by atoms with van der Waals surface area (Å²) < 4.78 is 2.33. The molecule has 1 aromatic carbocycles. The molecule has 5 nitrogen and oxygen atoms in total. The molecule has 0 aliphatic carbocycles. The van der Waals surface area contributed by atoms with E-state index in [0.29, 0.717) is 16.7 Å². The third kappa shape index (κ3) is 2.85. The predicted octanol–water partition coefficient (Wildman–Crippen LogP) is 2.10. The number of aromatic nitrogens is 1. The summed E-state index contributed by atoms with van der Waals surface area (Å²) in [6.45, 7) is 0.368. The normalized spacial score (nSPS) is 10.4. The van der Waals surface area contributed by atoms with Gasteiger partial charge in [-0.2, -0.15) is 0 Å². The van der Waals surface area contributed by atoms with E-state index in [2.05, 4.69) is 15.9 Å². The first-order chi connectivity index (χ1) is 8.99. The molecule has 19 heavy (non-hydrogen) atoms. The van der Waals surface area contributed by atoms with Gasteiger partial charge < -0.3 is 15.4 Å². The maximum atomic E-state index is 11.3. The van der Waals surface area contributed by atoms with Crippen molar-refractivity contribution >= 4 is 27.8 Å². The smallest absolute Gasteiger partial charge is 0.337 e. The minimum atomic E-state index is -0.998. The van der Waals surface area contributed by atoms with Gasteiger partial charge in [-0.05, 0) is 33.6 Å². The number of amides is 1. The van der Waals surface area contributed by atoms with E-state index in [1.54, 1.807) is 28.8 Å². The van der Waals surface area contributed by atoms with Crippen molar-refractivity contribution in [1.82, 2.24) is 4.57 Å². The zero-order chi connectivity index (χ0) is 14.0. The lowest BCUT2D eigenvalue weighted by atomic mass is 10.1. The van der Waals surface area contributed by atoms with E-state index < -0.39 is 11.9 Å². The van der Waals surface area contributed by atoms with Crippen molar-refractivity contribution in [1.29, 1.82) is 0 Å². The number of primary amides is 1. The summed E-state index contributed by atoms with van der Waals surface area (Å²) in [5, 5.41) is 8.92. The van der Waals surface area contributed by atoms with Crippen LogP contribution in [0.4, 0.5) is 0 Å². The fourth-order valence-electron chi connectivity index (χ4n) is 1.80. The first kappa shape index (κ1) is 13.4. The maximum Gasteiger partial charge on any atom is 0.337 e. The van der Waals surface area contributed by atoms with Gasteiger partial charge in [0.15, 0.2) is 0 Å². The Bertz CT molecular complexity index is 649. The second-order valence-corrected chi connectivity index (χ2v) is 4.82. The van der Waals surface area contributed by atoms with Gasteiger partial charge in [-0.15, -0.1) is 0 Å². The molecular weight excluding hydrogens is 312 g/mol. The molecule has 0 aliphatic heterocycles. The van der Waals surface area contributed by atoms with Crippen LogP contribution < -0.4 is 5.73 Å². The van der Waals surface area contributed by atoms with Gasteiger partial charge in [0.1, 0.15) is 0 Å². The lowest BCUT2D eigenvalue weighted by molar-refractivity contribution is 0.0696. The monoisotopic (exact) mass is 322 g/mol. The minimum Gasteiger partial charge on any atom is -0.478 e. The Kier molecular flexibility index (Phi) is 3.71. The zero-order valence-electron chi connectivity index (χ0n) is 9.84. The molecule has 0 saturated carbocycles. The molecule has 98 valence electrons. The van der Waals surface area contributed by atoms with Crippen molar-refractivity contribution in [3.8, 4) is 0 Å². The number of carboxylic acids is 1. The third-order valence-corrected chi connectivity index (χ3v) is 3.40. The van der Waals surface area contributed by atoms with Crippen molar-refractivity contribution in [2.45, 2.75) is 6.54 Å². The second-order valence-electron chi connectivity index (χ2n) is 4.01.